The van der Waals surface area contributed by atoms with Crippen molar-refractivity contribution in [1.29, 1.82) is 0 Å². The first-order valence-corrected chi connectivity index (χ1v) is 5.16. The smallest absolute Gasteiger partial charge is 0.140 e. The predicted molar refractivity (Wildman–Crippen MR) is 55.7 cm³/mol. The van der Waals surface area contributed by atoms with Gasteiger partial charge < -0.3 is 11.1 Å². The minimum atomic E-state index is 0.731. The molecule has 0 aliphatic rings. The molecule has 1 aromatic rings. The van der Waals surface area contributed by atoms with Crippen molar-refractivity contribution in [2.24, 2.45) is 5.73 Å². The summed E-state index contributed by atoms with van der Waals surface area (Å²) in [5.74, 6) is 1.00. The van der Waals surface area contributed by atoms with Gasteiger partial charge in [0.15, 0.2) is 0 Å². The Labute approximate surface area is 84.7 Å². The fraction of sp³-hybridized carbons (Fsp3) is 0.778. The van der Waals surface area contributed by atoms with Gasteiger partial charge in [-0.2, -0.15) is 5.10 Å². The lowest BCUT2D eigenvalue weighted by molar-refractivity contribution is 0.539. The number of nitrogens with zero attached hydrogens (tertiary/aromatic N) is 3. The summed E-state index contributed by atoms with van der Waals surface area (Å²) in [5, 5.41) is 7.43. The molecule has 0 aromatic carbocycles. The van der Waals surface area contributed by atoms with Crippen molar-refractivity contribution >= 4 is 0 Å². The summed E-state index contributed by atoms with van der Waals surface area (Å²) in [7, 11) is 0. The number of rotatable bonds is 7. The molecular formula is C9H19N5. The molecule has 14 heavy (non-hydrogen) atoms. The molecule has 0 spiro atoms. The van der Waals surface area contributed by atoms with Gasteiger partial charge in [-0.15, -0.1) is 0 Å². The summed E-state index contributed by atoms with van der Waals surface area (Å²) in [6.07, 6.45) is 3.69. The number of nitrogens with two attached hydrogens (primary N) is 1. The van der Waals surface area contributed by atoms with E-state index in [4.69, 9.17) is 5.73 Å². The maximum Gasteiger partial charge on any atom is 0.140 e. The normalized spacial score (nSPS) is 10.7. The minimum absolute atomic E-state index is 0.731. The molecule has 0 aliphatic heterocycles. The van der Waals surface area contributed by atoms with Crippen molar-refractivity contribution in [1.82, 2.24) is 20.1 Å². The van der Waals surface area contributed by atoms with Gasteiger partial charge in [-0.3, -0.25) is 0 Å². The van der Waals surface area contributed by atoms with E-state index in [0.29, 0.717) is 0 Å². The van der Waals surface area contributed by atoms with E-state index >= 15 is 0 Å². The Bertz CT molecular complexity index is 245. The first kappa shape index (κ1) is 11.1. The molecule has 1 rings (SSSR count). The molecule has 3 N–H and O–H groups in total. The number of hydrogen-bond acceptors (Lipinski definition) is 4. The Balaban J connectivity index is 2.30. The van der Waals surface area contributed by atoms with Gasteiger partial charge in [0.1, 0.15) is 12.2 Å². The zero-order chi connectivity index (χ0) is 10.2. The van der Waals surface area contributed by atoms with Crippen LogP contribution >= 0.6 is 0 Å². The van der Waals surface area contributed by atoms with E-state index in [9.17, 15) is 0 Å². The van der Waals surface area contributed by atoms with Crippen LogP contribution in [0.3, 0.4) is 0 Å². The summed E-state index contributed by atoms with van der Waals surface area (Å²) in [4.78, 5) is 4.19. The van der Waals surface area contributed by atoms with Gasteiger partial charge in [-0.05, 0) is 25.9 Å². The van der Waals surface area contributed by atoms with Crippen molar-refractivity contribution in [3.63, 3.8) is 0 Å². The average Bonchev–Trinajstić information content (AvgIpc) is 2.61. The Morgan fingerprint density at radius 2 is 2.43 bits per heavy atom. The number of nitrogens with one attached hydrogen (secondary N) is 1. The third kappa shape index (κ3) is 3.43. The van der Waals surface area contributed by atoms with Crippen LogP contribution in [0, 0.1) is 0 Å². The second-order valence-corrected chi connectivity index (χ2v) is 3.22. The molecule has 0 amide bonds. The Morgan fingerprint density at radius 3 is 3.14 bits per heavy atom. The minimum Gasteiger partial charge on any atom is -0.330 e. The SMILES string of the molecule is CCCn1ncnc1CNCCCN. The molecule has 0 atom stereocenters. The lowest BCUT2D eigenvalue weighted by Crippen LogP contribution is -2.20. The summed E-state index contributed by atoms with van der Waals surface area (Å²) in [5.41, 5.74) is 5.39. The largest absolute Gasteiger partial charge is 0.330 e. The van der Waals surface area contributed by atoms with Crippen LogP contribution in [0.25, 0.3) is 0 Å². The van der Waals surface area contributed by atoms with Gasteiger partial charge in [0.2, 0.25) is 0 Å². The highest BCUT2D eigenvalue weighted by atomic mass is 15.3. The van der Waals surface area contributed by atoms with Gasteiger partial charge in [0, 0.05) is 6.54 Å². The molecule has 1 aromatic heterocycles. The third-order valence-electron chi connectivity index (χ3n) is 1.97. The van der Waals surface area contributed by atoms with Crippen molar-refractivity contribution in [2.45, 2.75) is 32.9 Å². The highest BCUT2D eigenvalue weighted by molar-refractivity contribution is 4.83. The number of aromatic nitrogens is 3. The third-order valence-corrected chi connectivity index (χ3v) is 1.97. The lowest BCUT2D eigenvalue weighted by Gasteiger charge is -2.05. The van der Waals surface area contributed by atoms with Crippen molar-refractivity contribution in [3.8, 4) is 0 Å². The van der Waals surface area contributed by atoms with E-state index < -0.39 is 0 Å². The monoisotopic (exact) mass is 197 g/mol. The summed E-state index contributed by atoms with van der Waals surface area (Å²) in [6.45, 7) is 5.52. The summed E-state index contributed by atoms with van der Waals surface area (Å²) < 4.78 is 1.94. The van der Waals surface area contributed by atoms with Crippen LogP contribution < -0.4 is 11.1 Å². The van der Waals surface area contributed by atoms with Gasteiger partial charge in [0.05, 0.1) is 6.54 Å². The summed E-state index contributed by atoms with van der Waals surface area (Å²) >= 11 is 0. The van der Waals surface area contributed by atoms with E-state index in [1.165, 1.54) is 0 Å². The standard InChI is InChI=1S/C9H19N5/c1-2-6-14-9(12-8-13-14)7-11-5-3-4-10/h8,11H,2-7,10H2,1H3. The molecule has 0 unspecified atom stereocenters. The maximum atomic E-state index is 5.39. The maximum absolute atomic E-state index is 5.39. The van der Waals surface area contributed by atoms with Crippen LogP contribution in [0.5, 0.6) is 0 Å². The van der Waals surface area contributed by atoms with Gasteiger partial charge in [-0.25, -0.2) is 9.67 Å². The van der Waals surface area contributed by atoms with Crippen LogP contribution in [0.15, 0.2) is 6.33 Å². The molecule has 0 aliphatic carbocycles. The molecule has 5 nitrogen and oxygen atoms in total. The molecule has 0 radical (unpaired) electrons. The fourth-order valence-corrected chi connectivity index (χ4v) is 1.25. The van der Waals surface area contributed by atoms with Crippen LogP contribution in [0.2, 0.25) is 0 Å². The number of aryl methyl sites for hydroxylation is 1. The van der Waals surface area contributed by atoms with Crippen LogP contribution in [-0.4, -0.2) is 27.9 Å². The zero-order valence-corrected chi connectivity index (χ0v) is 8.74. The van der Waals surface area contributed by atoms with Gasteiger partial charge in [0.25, 0.3) is 0 Å². The van der Waals surface area contributed by atoms with Gasteiger partial charge in [-0.1, -0.05) is 6.92 Å². The van der Waals surface area contributed by atoms with E-state index in [-0.39, 0.29) is 0 Å². The topological polar surface area (TPSA) is 68.8 Å². The molecule has 0 bridgehead atoms. The number of hydrogen-bond donors (Lipinski definition) is 2. The fourth-order valence-electron chi connectivity index (χ4n) is 1.25. The average molecular weight is 197 g/mol. The Kier molecular flexibility index (Phi) is 5.17. The van der Waals surface area contributed by atoms with Crippen molar-refractivity contribution in [3.05, 3.63) is 12.2 Å². The first-order chi connectivity index (χ1) is 6.88. The summed E-state index contributed by atoms with van der Waals surface area (Å²) in [6, 6.07) is 0. The van der Waals surface area contributed by atoms with Crippen molar-refractivity contribution < 1.29 is 0 Å². The lowest BCUT2D eigenvalue weighted by atomic mass is 10.4. The quantitative estimate of drug-likeness (QED) is 0.609. The molecule has 80 valence electrons. The second kappa shape index (κ2) is 6.50. The van der Waals surface area contributed by atoms with Crippen molar-refractivity contribution in [2.75, 3.05) is 13.1 Å². The molecule has 0 fully saturated rings. The highest BCUT2D eigenvalue weighted by Crippen LogP contribution is 1.95. The Hall–Kier alpha value is -0.940. The molecule has 0 saturated heterocycles. The van der Waals surface area contributed by atoms with Gasteiger partial charge >= 0.3 is 0 Å². The van der Waals surface area contributed by atoms with E-state index in [2.05, 4.69) is 22.3 Å². The van der Waals surface area contributed by atoms with Crippen LogP contribution in [0.1, 0.15) is 25.6 Å². The predicted octanol–water partition coefficient (Wildman–Crippen LogP) is 0.127. The molecular weight excluding hydrogens is 178 g/mol. The first-order valence-electron chi connectivity index (χ1n) is 5.16. The van der Waals surface area contributed by atoms with E-state index in [1.807, 2.05) is 4.68 Å². The second-order valence-electron chi connectivity index (χ2n) is 3.22. The molecule has 5 heteroatoms. The zero-order valence-electron chi connectivity index (χ0n) is 8.74. The van der Waals surface area contributed by atoms with E-state index in [0.717, 1.165) is 44.8 Å². The van der Waals surface area contributed by atoms with Crippen LogP contribution in [-0.2, 0) is 13.1 Å². The molecule has 0 saturated carbocycles. The van der Waals surface area contributed by atoms with E-state index in [1.54, 1.807) is 6.33 Å². The molecule has 1 heterocycles. The highest BCUT2D eigenvalue weighted by Gasteiger charge is 2.01. The Morgan fingerprint density at radius 1 is 1.57 bits per heavy atom. The van der Waals surface area contributed by atoms with Crippen LogP contribution in [0.4, 0.5) is 0 Å².